The molecule has 176 valence electrons. The van der Waals surface area contributed by atoms with Crippen LogP contribution in [0.3, 0.4) is 0 Å². The van der Waals surface area contributed by atoms with E-state index < -0.39 is 17.0 Å². The van der Waals surface area contributed by atoms with Crippen molar-refractivity contribution >= 4 is 23.5 Å². The Bertz CT molecular complexity index is 988. The molecule has 1 saturated carbocycles. The van der Waals surface area contributed by atoms with Crippen molar-refractivity contribution in [1.29, 1.82) is 0 Å². The predicted molar refractivity (Wildman–Crippen MR) is 125 cm³/mol. The molecule has 0 radical (unpaired) electrons. The number of halogens is 1. The average molecular weight is 473 g/mol. The maximum atomic E-state index is 13.6. The van der Waals surface area contributed by atoms with Gasteiger partial charge in [-0.15, -0.1) is 0 Å². The lowest BCUT2D eigenvalue weighted by Crippen LogP contribution is -2.61. The fraction of sp³-hybridized carbons (Fsp3) is 0.440. The monoisotopic (exact) mass is 472 g/mol. The Balaban J connectivity index is 1.43. The zero-order valence-electron chi connectivity index (χ0n) is 18.7. The molecule has 7 nitrogen and oxygen atoms in total. The van der Waals surface area contributed by atoms with E-state index in [4.69, 9.17) is 25.8 Å². The van der Waals surface area contributed by atoms with Gasteiger partial charge in [-0.25, -0.2) is 4.79 Å². The van der Waals surface area contributed by atoms with Gasteiger partial charge < -0.3 is 19.5 Å². The summed E-state index contributed by atoms with van der Waals surface area (Å²) in [5.41, 5.74) is -0.0444. The Morgan fingerprint density at radius 2 is 1.79 bits per heavy atom. The number of rotatable bonds is 9. The van der Waals surface area contributed by atoms with Crippen molar-refractivity contribution in [3.63, 3.8) is 0 Å². The highest BCUT2D eigenvalue weighted by molar-refractivity contribution is 6.32. The summed E-state index contributed by atoms with van der Waals surface area (Å²) in [5.74, 6) is 0.295. The molecule has 0 bridgehead atoms. The fourth-order valence-electron chi connectivity index (χ4n) is 4.25. The van der Waals surface area contributed by atoms with Crippen LogP contribution < -0.4 is 15.4 Å². The molecule has 2 aromatic carbocycles. The van der Waals surface area contributed by atoms with Gasteiger partial charge in [0.1, 0.15) is 17.9 Å². The molecule has 4 rings (SSSR count). The topological polar surface area (TPSA) is 85.9 Å². The van der Waals surface area contributed by atoms with Gasteiger partial charge in [-0.1, -0.05) is 35.9 Å². The van der Waals surface area contributed by atoms with Crippen molar-refractivity contribution in [2.24, 2.45) is 0 Å². The van der Waals surface area contributed by atoms with Crippen LogP contribution in [0, 0.1) is 0 Å². The summed E-state index contributed by atoms with van der Waals surface area (Å²) in [7, 11) is 1.33. The average Bonchev–Trinajstić information content (AvgIpc) is 3.62. The second kappa shape index (κ2) is 10.1. The van der Waals surface area contributed by atoms with E-state index in [9.17, 15) is 9.59 Å². The van der Waals surface area contributed by atoms with E-state index in [-0.39, 0.29) is 5.91 Å². The van der Waals surface area contributed by atoms with Crippen molar-refractivity contribution in [2.45, 2.75) is 36.8 Å². The van der Waals surface area contributed by atoms with Crippen LogP contribution in [0.1, 0.15) is 41.6 Å². The van der Waals surface area contributed by atoms with E-state index in [0.29, 0.717) is 49.8 Å². The van der Waals surface area contributed by atoms with Crippen molar-refractivity contribution < 1.29 is 23.8 Å². The molecule has 1 amide bonds. The molecule has 33 heavy (non-hydrogen) atoms. The van der Waals surface area contributed by atoms with Crippen LogP contribution >= 0.6 is 11.6 Å². The number of ether oxygens (including phenoxy) is 3. The predicted octanol–water partition coefficient (Wildman–Crippen LogP) is 3.45. The van der Waals surface area contributed by atoms with E-state index in [0.717, 1.165) is 24.2 Å². The second-order valence-electron chi connectivity index (χ2n) is 8.51. The molecule has 2 aromatic rings. The molecule has 0 spiro atoms. The minimum absolute atomic E-state index is 0.0591. The number of carbonyl (C=O) groups excluding carboxylic acids is 2. The summed E-state index contributed by atoms with van der Waals surface area (Å²) in [5, 5.41) is 7.15. The van der Waals surface area contributed by atoms with Crippen LogP contribution in [0.2, 0.25) is 5.02 Å². The molecule has 0 unspecified atom stereocenters. The highest BCUT2D eigenvalue weighted by Crippen LogP contribution is 2.48. The second-order valence-corrected chi connectivity index (χ2v) is 8.91. The Morgan fingerprint density at radius 3 is 2.42 bits per heavy atom. The lowest BCUT2D eigenvalue weighted by Gasteiger charge is -2.38. The van der Waals surface area contributed by atoms with Crippen LogP contribution in [0.25, 0.3) is 0 Å². The molecule has 2 aliphatic rings. The molecule has 0 aromatic heterocycles. The molecule has 1 heterocycles. The van der Waals surface area contributed by atoms with E-state index >= 15 is 0 Å². The lowest BCUT2D eigenvalue weighted by molar-refractivity contribution is -0.133. The molecule has 2 fully saturated rings. The maximum Gasteiger partial charge on any atom is 0.337 e. The van der Waals surface area contributed by atoms with Crippen molar-refractivity contribution in [3.05, 3.63) is 64.7 Å². The molecular weight excluding hydrogens is 444 g/mol. The van der Waals surface area contributed by atoms with Crippen molar-refractivity contribution in [1.82, 2.24) is 10.6 Å². The number of hydrogen-bond donors (Lipinski definition) is 2. The first-order valence-electron chi connectivity index (χ1n) is 11.2. The highest BCUT2D eigenvalue weighted by Gasteiger charge is 2.51. The standard InChI is InChI=1S/C25H29ClN2O5/c1-31-22(29)18-7-8-20(21(26)17-18)24(9-10-24)28-23(30)25(11-14-32-15-12-25)27-13-16-33-19-5-3-2-4-6-19/h2-8,17,27H,9-16H2,1H3,(H,28,30). The first-order valence-corrected chi connectivity index (χ1v) is 11.6. The van der Waals surface area contributed by atoms with Gasteiger partial charge in [-0.3, -0.25) is 10.1 Å². The van der Waals surface area contributed by atoms with Gasteiger partial charge in [0.25, 0.3) is 0 Å². The minimum Gasteiger partial charge on any atom is -0.492 e. The zero-order chi connectivity index (χ0) is 23.3. The first-order chi connectivity index (χ1) is 16.0. The number of methoxy groups -OCH3 is 1. The smallest absolute Gasteiger partial charge is 0.337 e. The number of esters is 1. The van der Waals surface area contributed by atoms with E-state index in [1.807, 2.05) is 30.3 Å². The summed E-state index contributed by atoms with van der Waals surface area (Å²) < 4.78 is 16.1. The van der Waals surface area contributed by atoms with Crippen molar-refractivity contribution in [3.8, 4) is 5.75 Å². The Hall–Kier alpha value is -2.61. The number of nitrogens with one attached hydrogen (secondary N) is 2. The van der Waals surface area contributed by atoms with Gasteiger partial charge >= 0.3 is 5.97 Å². The van der Waals surface area contributed by atoms with E-state index in [2.05, 4.69) is 10.6 Å². The summed E-state index contributed by atoms with van der Waals surface area (Å²) in [6, 6.07) is 14.7. The van der Waals surface area contributed by atoms with Gasteiger partial charge in [-0.05, 0) is 55.5 Å². The normalized spacial score (nSPS) is 18.2. The number of hydrogen-bond acceptors (Lipinski definition) is 6. The van der Waals surface area contributed by atoms with Crippen LogP contribution in [0.15, 0.2) is 48.5 Å². The number of carbonyl (C=O) groups is 2. The summed E-state index contributed by atoms with van der Waals surface area (Å²) >= 11 is 6.51. The van der Waals surface area contributed by atoms with Crippen LogP contribution in [0.5, 0.6) is 5.75 Å². The van der Waals surface area contributed by atoms with Crippen molar-refractivity contribution in [2.75, 3.05) is 33.5 Å². The zero-order valence-corrected chi connectivity index (χ0v) is 19.5. The van der Waals surface area contributed by atoms with Crippen LogP contribution in [-0.2, 0) is 19.8 Å². The van der Waals surface area contributed by atoms with Crippen LogP contribution in [-0.4, -0.2) is 50.9 Å². The first kappa shape index (κ1) is 23.5. The maximum absolute atomic E-state index is 13.6. The summed E-state index contributed by atoms with van der Waals surface area (Å²) in [6.45, 7) is 2.01. The quantitative estimate of drug-likeness (QED) is 0.429. The Morgan fingerprint density at radius 1 is 1.06 bits per heavy atom. The highest BCUT2D eigenvalue weighted by atomic mass is 35.5. The largest absolute Gasteiger partial charge is 0.492 e. The van der Waals surface area contributed by atoms with Gasteiger partial charge in [-0.2, -0.15) is 0 Å². The number of amides is 1. The third-order valence-corrected chi connectivity index (χ3v) is 6.68. The molecule has 2 N–H and O–H groups in total. The minimum atomic E-state index is -0.730. The van der Waals surface area contributed by atoms with Gasteiger partial charge in [0.15, 0.2) is 0 Å². The number of para-hydroxylation sites is 1. The molecular formula is C25H29ClN2O5. The SMILES string of the molecule is COC(=O)c1ccc(C2(NC(=O)C3(NCCOc4ccccc4)CCOCC3)CC2)c(Cl)c1. The third-order valence-electron chi connectivity index (χ3n) is 6.37. The fourth-order valence-corrected chi connectivity index (χ4v) is 4.61. The van der Waals surface area contributed by atoms with Gasteiger partial charge in [0.05, 0.1) is 18.2 Å². The lowest BCUT2D eigenvalue weighted by atomic mass is 9.88. The van der Waals surface area contributed by atoms with Gasteiger partial charge in [0.2, 0.25) is 5.91 Å². The van der Waals surface area contributed by atoms with E-state index in [1.54, 1.807) is 18.2 Å². The Kier molecular flexibility index (Phi) is 7.22. The Labute approximate surface area is 198 Å². The molecule has 1 aliphatic carbocycles. The molecule has 1 saturated heterocycles. The molecule has 1 aliphatic heterocycles. The molecule has 0 atom stereocenters. The van der Waals surface area contributed by atoms with Gasteiger partial charge in [0, 0.05) is 24.8 Å². The molecule has 8 heteroatoms. The van der Waals surface area contributed by atoms with Crippen LogP contribution in [0.4, 0.5) is 0 Å². The van der Waals surface area contributed by atoms with E-state index in [1.165, 1.54) is 7.11 Å². The third kappa shape index (κ3) is 5.32. The number of benzene rings is 2. The summed E-state index contributed by atoms with van der Waals surface area (Å²) in [6.07, 6.45) is 2.74. The summed E-state index contributed by atoms with van der Waals surface area (Å²) in [4.78, 5) is 25.4.